The number of nitriles is 1. The molecule has 1 aromatic heterocycles. The zero-order valence-electron chi connectivity index (χ0n) is 8.46. The maximum atomic E-state index is 11.2. The summed E-state index contributed by atoms with van der Waals surface area (Å²) in [6.07, 6.45) is 3.00. The second-order valence-corrected chi connectivity index (χ2v) is 4.03. The van der Waals surface area contributed by atoms with Crippen LogP contribution in [0.4, 0.5) is 0 Å². The maximum absolute atomic E-state index is 11.2. The van der Waals surface area contributed by atoms with Crippen molar-refractivity contribution in [2.24, 2.45) is 0 Å². The number of carboxylic acid groups (broad SMARTS) is 1. The van der Waals surface area contributed by atoms with Crippen LogP contribution in [-0.2, 0) is 0 Å². The molecule has 2 aromatic rings. The van der Waals surface area contributed by atoms with Gasteiger partial charge in [-0.2, -0.15) is 5.26 Å². The monoisotopic (exact) mass is 291 g/mol. The molecule has 0 bridgehead atoms. The molecule has 0 aliphatic heterocycles. The molecule has 0 atom stereocenters. The largest absolute Gasteiger partial charge is 0.478 e. The van der Waals surface area contributed by atoms with E-state index in [1.54, 1.807) is 24.4 Å². The molecule has 0 radical (unpaired) electrons. The van der Waals surface area contributed by atoms with E-state index in [-0.39, 0.29) is 11.4 Å². The van der Waals surface area contributed by atoms with Crippen LogP contribution in [0.1, 0.15) is 16.2 Å². The number of halogens is 1. The first kappa shape index (κ1) is 11.4. The molecule has 0 aliphatic carbocycles. The van der Waals surface area contributed by atoms with Gasteiger partial charge in [-0.1, -0.05) is 6.07 Å². The summed E-state index contributed by atoms with van der Waals surface area (Å²) < 4.78 is 1.90. The zero-order chi connectivity index (χ0) is 12.4. The summed E-state index contributed by atoms with van der Waals surface area (Å²) in [6, 6.07) is 6.86. The van der Waals surface area contributed by atoms with Gasteiger partial charge in [-0.3, -0.25) is 4.57 Å². The van der Waals surface area contributed by atoms with Gasteiger partial charge in [0.15, 0.2) is 0 Å². The Bertz CT molecular complexity index is 628. The number of benzene rings is 1. The lowest BCUT2D eigenvalue weighted by molar-refractivity contribution is 0.0696. The maximum Gasteiger partial charge on any atom is 0.338 e. The molecule has 0 aliphatic rings. The van der Waals surface area contributed by atoms with Crippen molar-refractivity contribution in [1.29, 1.82) is 5.26 Å². The molecule has 0 spiro atoms. The van der Waals surface area contributed by atoms with E-state index in [1.807, 2.05) is 6.07 Å². The molecule has 17 heavy (non-hydrogen) atoms. The third-order valence-corrected chi connectivity index (χ3v) is 2.87. The molecule has 0 amide bonds. The topological polar surface area (TPSA) is 78.9 Å². The number of hydrogen-bond acceptors (Lipinski definition) is 3. The van der Waals surface area contributed by atoms with Crippen LogP contribution in [0.5, 0.6) is 0 Å². The van der Waals surface area contributed by atoms with Crippen LogP contribution in [0.15, 0.2) is 35.1 Å². The van der Waals surface area contributed by atoms with Crippen LogP contribution < -0.4 is 0 Å². The van der Waals surface area contributed by atoms with Crippen LogP contribution in [0.2, 0.25) is 0 Å². The van der Waals surface area contributed by atoms with Gasteiger partial charge >= 0.3 is 5.97 Å². The van der Waals surface area contributed by atoms with Crippen LogP contribution >= 0.6 is 15.9 Å². The van der Waals surface area contributed by atoms with Crippen LogP contribution in [0.3, 0.4) is 0 Å². The Morgan fingerprint density at radius 2 is 2.29 bits per heavy atom. The summed E-state index contributed by atoms with van der Waals surface area (Å²) in [4.78, 5) is 15.0. The van der Waals surface area contributed by atoms with E-state index in [9.17, 15) is 4.79 Å². The molecule has 5 nitrogen and oxygen atoms in total. The van der Waals surface area contributed by atoms with Crippen molar-refractivity contribution in [2.75, 3.05) is 0 Å². The number of aromatic carboxylic acids is 1. The number of imidazole rings is 1. The molecule has 6 heteroatoms. The summed E-state index contributed by atoms with van der Waals surface area (Å²) in [5.74, 6) is -0.921. The smallest absolute Gasteiger partial charge is 0.338 e. The van der Waals surface area contributed by atoms with Crippen molar-refractivity contribution in [3.05, 3.63) is 46.5 Å². The SMILES string of the molecule is N#Cc1nccn1-c1cccc(Br)c1C(=O)O. The highest BCUT2D eigenvalue weighted by Gasteiger charge is 2.16. The van der Waals surface area contributed by atoms with Gasteiger partial charge in [-0.15, -0.1) is 0 Å². The van der Waals surface area contributed by atoms with Crippen molar-refractivity contribution in [2.45, 2.75) is 0 Å². The fraction of sp³-hybridized carbons (Fsp3) is 0. The lowest BCUT2D eigenvalue weighted by Crippen LogP contribution is -2.07. The average molecular weight is 292 g/mol. The van der Waals surface area contributed by atoms with E-state index in [1.165, 1.54) is 10.8 Å². The number of rotatable bonds is 2. The lowest BCUT2D eigenvalue weighted by Gasteiger charge is -2.09. The van der Waals surface area contributed by atoms with E-state index in [0.29, 0.717) is 10.2 Å². The second-order valence-electron chi connectivity index (χ2n) is 3.17. The molecule has 1 N–H and O–H groups in total. The van der Waals surface area contributed by atoms with Crippen molar-refractivity contribution < 1.29 is 9.90 Å². The van der Waals surface area contributed by atoms with Crippen LogP contribution in [0, 0.1) is 11.3 Å². The van der Waals surface area contributed by atoms with Crippen LogP contribution in [0.25, 0.3) is 5.69 Å². The minimum Gasteiger partial charge on any atom is -0.478 e. The lowest BCUT2D eigenvalue weighted by atomic mass is 10.2. The molecular formula is C11H6BrN3O2. The highest BCUT2D eigenvalue weighted by molar-refractivity contribution is 9.10. The number of hydrogen-bond donors (Lipinski definition) is 1. The molecule has 0 unspecified atom stereocenters. The quantitative estimate of drug-likeness (QED) is 0.920. The van der Waals surface area contributed by atoms with Gasteiger partial charge in [-0.05, 0) is 28.1 Å². The van der Waals surface area contributed by atoms with E-state index < -0.39 is 5.97 Å². The molecule has 84 valence electrons. The first-order chi connectivity index (χ1) is 8.15. The summed E-state index contributed by atoms with van der Waals surface area (Å²) >= 11 is 3.18. The Hall–Kier alpha value is -2.13. The highest BCUT2D eigenvalue weighted by Crippen LogP contribution is 2.24. The summed E-state index contributed by atoms with van der Waals surface area (Å²) in [5, 5.41) is 18.0. The Morgan fingerprint density at radius 1 is 1.53 bits per heavy atom. The van der Waals surface area contributed by atoms with E-state index >= 15 is 0 Å². The van der Waals surface area contributed by atoms with Gasteiger partial charge < -0.3 is 5.11 Å². The standard InChI is InChI=1S/C11H6BrN3O2/c12-7-2-1-3-8(10(7)11(16)17)15-5-4-14-9(15)6-13/h1-5H,(H,16,17). The summed E-state index contributed by atoms with van der Waals surface area (Å²) in [7, 11) is 0. The third kappa shape index (κ3) is 1.92. The first-order valence-corrected chi connectivity index (χ1v) is 5.40. The molecular weight excluding hydrogens is 286 g/mol. The summed E-state index contributed by atoms with van der Waals surface area (Å²) in [6.45, 7) is 0. The number of nitrogens with zero attached hydrogens (tertiary/aromatic N) is 3. The van der Waals surface area contributed by atoms with Crippen molar-refractivity contribution in [3.63, 3.8) is 0 Å². The first-order valence-electron chi connectivity index (χ1n) is 4.60. The number of carboxylic acids is 1. The number of aromatic nitrogens is 2. The molecule has 2 rings (SSSR count). The summed E-state index contributed by atoms with van der Waals surface area (Å²) in [5.41, 5.74) is 0.503. The fourth-order valence-corrected chi connectivity index (χ4v) is 2.03. The van der Waals surface area contributed by atoms with E-state index in [4.69, 9.17) is 10.4 Å². The van der Waals surface area contributed by atoms with Gasteiger partial charge in [0, 0.05) is 16.9 Å². The van der Waals surface area contributed by atoms with E-state index in [2.05, 4.69) is 20.9 Å². The number of carbonyl (C=O) groups is 1. The van der Waals surface area contributed by atoms with Gasteiger partial charge in [-0.25, -0.2) is 9.78 Å². The minimum atomic E-state index is -1.06. The Morgan fingerprint density at radius 3 is 2.94 bits per heavy atom. The predicted octanol–water partition coefficient (Wildman–Crippen LogP) is 2.20. The van der Waals surface area contributed by atoms with Gasteiger partial charge in [0.25, 0.3) is 0 Å². The van der Waals surface area contributed by atoms with Crippen LogP contribution in [-0.4, -0.2) is 20.6 Å². The van der Waals surface area contributed by atoms with Gasteiger partial charge in [0.1, 0.15) is 6.07 Å². The molecule has 1 aromatic carbocycles. The Kier molecular flexibility index (Phi) is 2.93. The van der Waals surface area contributed by atoms with Gasteiger partial charge in [0.05, 0.1) is 11.3 Å². The normalized spacial score (nSPS) is 9.88. The minimum absolute atomic E-state index is 0.0991. The zero-order valence-corrected chi connectivity index (χ0v) is 10.0. The van der Waals surface area contributed by atoms with Gasteiger partial charge in [0.2, 0.25) is 5.82 Å². The average Bonchev–Trinajstić information content (AvgIpc) is 2.75. The molecule has 0 fully saturated rings. The molecule has 0 saturated carbocycles. The molecule has 0 saturated heterocycles. The Balaban J connectivity index is 2.73. The Labute approximate surface area is 105 Å². The van der Waals surface area contributed by atoms with Crippen molar-refractivity contribution in [3.8, 4) is 11.8 Å². The van der Waals surface area contributed by atoms with E-state index in [0.717, 1.165) is 0 Å². The molecule has 1 heterocycles. The fourth-order valence-electron chi connectivity index (χ4n) is 1.51. The van der Waals surface area contributed by atoms with Crippen molar-refractivity contribution >= 4 is 21.9 Å². The third-order valence-electron chi connectivity index (χ3n) is 2.21. The second kappa shape index (κ2) is 4.39. The predicted molar refractivity (Wildman–Crippen MR) is 62.9 cm³/mol. The van der Waals surface area contributed by atoms with Crippen molar-refractivity contribution in [1.82, 2.24) is 9.55 Å². The highest BCUT2D eigenvalue weighted by atomic mass is 79.9.